The Kier molecular flexibility index (Phi) is 6.09. The molecular weight excluding hydrogens is 266 g/mol. The van der Waals surface area contributed by atoms with E-state index in [0.717, 1.165) is 31.0 Å². The van der Waals surface area contributed by atoms with Gasteiger partial charge in [0.1, 0.15) is 6.61 Å². The Morgan fingerprint density at radius 1 is 1.29 bits per heavy atom. The quantitative estimate of drug-likeness (QED) is 0.720. The first-order valence-electron chi connectivity index (χ1n) is 7.31. The summed E-state index contributed by atoms with van der Waals surface area (Å²) in [6, 6.07) is 7.94. The highest BCUT2D eigenvalue weighted by molar-refractivity contribution is 5.42. The summed E-state index contributed by atoms with van der Waals surface area (Å²) in [6.07, 6.45) is 4.82. The molecule has 0 unspecified atom stereocenters. The summed E-state index contributed by atoms with van der Waals surface area (Å²) in [5, 5.41) is 7.54. The van der Waals surface area contributed by atoms with Gasteiger partial charge in [-0.05, 0) is 36.7 Å². The topological polar surface area (TPSA) is 48.3 Å². The average Bonchev–Trinajstić information content (AvgIpc) is 3.01. The molecule has 0 aliphatic carbocycles. The molecule has 0 atom stereocenters. The molecule has 0 fully saturated rings. The van der Waals surface area contributed by atoms with Crippen LogP contribution in [0.1, 0.15) is 18.9 Å². The van der Waals surface area contributed by atoms with Crippen LogP contribution in [0.5, 0.6) is 11.5 Å². The predicted molar refractivity (Wildman–Crippen MR) is 82.7 cm³/mol. The van der Waals surface area contributed by atoms with Gasteiger partial charge in [0.15, 0.2) is 11.5 Å². The third-order valence-electron chi connectivity index (χ3n) is 3.12. The lowest BCUT2D eigenvalue weighted by Crippen LogP contribution is -2.14. The zero-order valence-electron chi connectivity index (χ0n) is 12.7. The molecule has 114 valence electrons. The lowest BCUT2D eigenvalue weighted by molar-refractivity contribution is 0.274. The Bertz CT molecular complexity index is 526. The van der Waals surface area contributed by atoms with Crippen LogP contribution in [0.15, 0.2) is 36.7 Å². The second kappa shape index (κ2) is 8.32. The molecule has 21 heavy (non-hydrogen) atoms. The van der Waals surface area contributed by atoms with Gasteiger partial charge in [0.25, 0.3) is 0 Å². The number of aromatic nitrogens is 2. The van der Waals surface area contributed by atoms with Crippen molar-refractivity contribution in [2.24, 2.45) is 0 Å². The zero-order valence-corrected chi connectivity index (χ0v) is 12.7. The molecule has 2 rings (SSSR count). The minimum absolute atomic E-state index is 0.559. The fraction of sp³-hybridized carbons (Fsp3) is 0.438. The van der Waals surface area contributed by atoms with E-state index in [1.165, 1.54) is 5.56 Å². The Labute approximate surface area is 125 Å². The first kappa shape index (κ1) is 15.4. The maximum Gasteiger partial charge on any atom is 0.161 e. The van der Waals surface area contributed by atoms with Crippen molar-refractivity contribution in [1.82, 2.24) is 15.1 Å². The van der Waals surface area contributed by atoms with Gasteiger partial charge in [0, 0.05) is 18.9 Å². The van der Waals surface area contributed by atoms with E-state index < -0.39 is 0 Å². The predicted octanol–water partition coefficient (Wildman–Crippen LogP) is 2.47. The van der Waals surface area contributed by atoms with Crippen molar-refractivity contribution in [3.63, 3.8) is 0 Å². The Morgan fingerprint density at radius 2 is 2.19 bits per heavy atom. The third-order valence-corrected chi connectivity index (χ3v) is 3.12. The molecule has 1 aromatic heterocycles. The summed E-state index contributed by atoms with van der Waals surface area (Å²) < 4.78 is 13.0. The van der Waals surface area contributed by atoms with Gasteiger partial charge in [0.05, 0.1) is 13.7 Å². The van der Waals surface area contributed by atoms with Crippen molar-refractivity contribution < 1.29 is 9.47 Å². The van der Waals surface area contributed by atoms with E-state index in [2.05, 4.69) is 23.4 Å². The van der Waals surface area contributed by atoms with Crippen molar-refractivity contribution in [3.05, 3.63) is 42.2 Å². The van der Waals surface area contributed by atoms with Crippen LogP contribution in [-0.4, -0.2) is 30.0 Å². The number of hydrogen-bond acceptors (Lipinski definition) is 4. The van der Waals surface area contributed by atoms with Crippen LogP contribution >= 0.6 is 0 Å². The molecule has 2 aromatic rings. The maximum absolute atomic E-state index is 5.83. The zero-order chi connectivity index (χ0) is 14.9. The number of nitrogens with one attached hydrogen (secondary N) is 1. The molecule has 1 heterocycles. The largest absolute Gasteiger partial charge is 0.493 e. The van der Waals surface area contributed by atoms with Crippen molar-refractivity contribution >= 4 is 0 Å². The number of hydrogen-bond donors (Lipinski definition) is 1. The minimum Gasteiger partial charge on any atom is -0.493 e. The van der Waals surface area contributed by atoms with Gasteiger partial charge < -0.3 is 14.8 Å². The molecule has 0 aliphatic rings. The van der Waals surface area contributed by atoms with Crippen LogP contribution in [-0.2, 0) is 13.1 Å². The van der Waals surface area contributed by atoms with E-state index in [1.807, 2.05) is 29.1 Å². The number of ether oxygens (including phenoxy) is 2. The van der Waals surface area contributed by atoms with Gasteiger partial charge in [-0.1, -0.05) is 13.0 Å². The Hall–Kier alpha value is -2.01. The number of methoxy groups -OCH3 is 1. The summed E-state index contributed by atoms with van der Waals surface area (Å²) >= 11 is 0. The second-order valence-electron chi connectivity index (χ2n) is 4.78. The third kappa shape index (κ3) is 4.79. The van der Waals surface area contributed by atoms with Crippen LogP contribution in [0.3, 0.4) is 0 Å². The maximum atomic E-state index is 5.83. The molecule has 5 nitrogen and oxygen atoms in total. The molecular formula is C16H23N3O2. The van der Waals surface area contributed by atoms with Crippen LogP contribution in [0, 0.1) is 0 Å². The van der Waals surface area contributed by atoms with Crippen molar-refractivity contribution in [3.8, 4) is 11.5 Å². The molecule has 0 amide bonds. The molecule has 1 aromatic carbocycles. The number of nitrogens with zero attached hydrogens (tertiary/aromatic N) is 2. The highest BCUT2D eigenvalue weighted by Crippen LogP contribution is 2.28. The first-order chi connectivity index (χ1) is 10.3. The second-order valence-corrected chi connectivity index (χ2v) is 4.78. The smallest absolute Gasteiger partial charge is 0.161 e. The molecule has 0 saturated heterocycles. The van der Waals surface area contributed by atoms with E-state index in [-0.39, 0.29) is 0 Å². The van der Waals surface area contributed by atoms with Crippen molar-refractivity contribution in [1.29, 1.82) is 0 Å². The standard InChI is InChI=1S/C16H23N3O2/c1-3-7-17-13-14-5-6-15(20-2)16(12-14)21-11-10-19-9-4-8-18-19/h4-6,8-9,12,17H,3,7,10-11,13H2,1-2H3. The summed E-state index contributed by atoms with van der Waals surface area (Å²) in [5.41, 5.74) is 1.19. The van der Waals surface area contributed by atoms with Gasteiger partial charge in [-0.15, -0.1) is 0 Å². The fourth-order valence-electron chi connectivity index (χ4n) is 2.04. The molecule has 0 spiro atoms. The molecule has 1 N–H and O–H groups in total. The van der Waals surface area contributed by atoms with Crippen LogP contribution < -0.4 is 14.8 Å². The molecule has 5 heteroatoms. The van der Waals surface area contributed by atoms with E-state index in [4.69, 9.17) is 9.47 Å². The van der Waals surface area contributed by atoms with E-state index in [1.54, 1.807) is 13.3 Å². The van der Waals surface area contributed by atoms with Crippen molar-refractivity contribution in [2.45, 2.75) is 26.4 Å². The molecule has 0 radical (unpaired) electrons. The van der Waals surface area contributed by atoms with Crippen LogP contribution in [0.2, 0.25) is 0 Å². The summed E-state index contributed by atoms with van der Waals surface area (Å²) in [7, 11) is 1.66. The highest BCUT2D eigenvalue weighted by atomic mass is 16.5. The number of rotatable bonds is 9. The number of benzene rings is 1. The SMILES string of the molecule is CCCNCc1ccc(OC)c(OCCn2cccn2)c1. The van der Waals surface area contributed by atoms with E-state index in [0.29, 0.717) is 13.2 Å². The monoisotopic (exact) mass is 289 g/mol. The normalized spacial score (nSPS) is 10.6. The van der Waals surface area contributed by atoms with Gasteiger partial charge in [-0.3, -0.25) is 4.68 Å². The molecule has 0 bridgehead atoms. The Morgan fingerprint density at radius 3 is 2.90 bits per heavy atom. The molecule has 0 saturated carbocycles. The summed E-state index contributed by atoms with van der Waals surface area (Å²) in [4.78, 5) is 0. The first-order valence-corrected chi connectivity index (χ1v) is 7.31. The molecule has 0 aliphatic heterocycles. The van der Waals surface area contributed by atoms with Crippen LogP contribution in [0.25, 0.3) is 0 Å². The lowest BCUT2D eigenvalue weighted by atomic mass is 10.2. The van der Waals surface area contributed by atoms with Gasteiger partial charge in [-0.2, -0.15) is 5.10 Å². The van der Waals surface area contributed by atoms with Gasteiger partial charge in [0.2, 0.25) is 0 Å². The summed E-state index contributed by atoms with van der Waals surface area (Å²) in [5.74, 6) is 1.54. The fourth-order valence-corrected chi connectivity index (χ4v) is 2.04. The average molecular weight is 289 g/mol. The van der Waals surface area contributed by atoms with E-state index >= 15 is 0 Å². The van der Waals surface area contributed by atoms with Gasteiger partial charge in [-0.25, -0.2) is 0 Å². The van der Waals surface area contributed by atoms with E-state index in [9.17, 15) is 0 Å². The lowest BCUT2D eigenvalue weighted by Gasteiger charge is -2.13. The van der Waals surface area contributed by atoms with Crippen molar-refractivity contribution in [2.75, 3.05) is 20.3 Å². The Balaban J connectivity index is 1.93. The van der Waals surface area contributed by atoms with Crippen LogP contribution in [0.4, 0.5) is 0 Å². The van der Waals surface area contributed by atoms with Gasteiger partial charge >= 0.3 is 0 Å². The highest BCUT2D eigenvalue weighted by Gasteiger charge is 2.06. The summed E-state index contributed by atoms with van der Waals surface area (Å²) in [6.45, 7) is 5.29. The minimum atomic E-state index is 0.559.